The van der Waals surface area contributed by atoms with Gasteiger partial charge in [-0.3, -0.25) is 4.79 Å². The first-order valence-electron chi connectivity index (χ1n) is 6.08. The molecule has 1 aromatic heterocycles. The van der Waals surface area contributed by atoms with Crippen molar-refractivity contribution in [2.75, 3.05) is 0 Å². The average Bonchev–Trinajstić information content (AvgIpc) is 2.69. The number of pyridine rings is 1. The summed E-state index contributed by atoms with van der Waals surface area (Å²) in [5, 5.41) is 0. The molecule has 1 amide bonds. The van der Waals surface area contributed by atoms with E-state index >= 15 is 0 Å². The van der Waals surface area contributed by atoms with Gasteiger partial charge in [0.05, 0.1) is 0 Å². The van der Waals surface area contributed by atoms with Gasteiger partial charge in [0, 0.05) is 12.1 Å². The number of aromatic nitrogens is 1. The Bertz CT molecular complexity index is 422. The Morgan fingerprint density at radius 1 is 1.53 bits per heavy atom. The van der Waals surface area contributed by atoms with Crippen LogP contribution in [0.2, 0.25) is 0 Å². The van der Waals surface area contributed by atoms with E-state index in [1.807, 2.05) is 17.0 Å². The van der Waals surface area contributed by atoms with Crippen molar-refractivity contribution in [2.45, 2.75) is 45.2 Å². The first-order chi connectivity index (χ1) is 8.13. The van der Waals surface area contributed by atoms with E-state index in [1.54, 1.807) is 6.07 Å². The van der Waals surface area contributed by atoms with Crippen LogP contribution in [0.5, 0.6) is 0 Å². The first-order valence-corrected chi connectivity index (χ1v) is 6.88. The smallest absolute Gasteiger partial charge is 0.272 e. The standard InChI is InChI=1S/C13H17BrN2O/c1-3-10-8-7-9(2)16(10)13(17)11-5-4-6-12(14)15-11/h4-6,9-10H,3,7-8H2,1-2H3. The minimum Gasteiger partial charge on any atom is -0.332 e. The quantitative estimate of drug-likeness (QED) is 0.785. The highest BCUT2D eigenvalue weighted by atomic mass is 79.9. The van der Waals surface area contributed by atoms with Crippen molar-refractivity contribution in [1.82, 2.24) is 9.88 Å². The maximum absolute atomic E-state index is 12.4. The second kappa shape index (κ2) is 5.17. The fourth-order valence-corrected chi connectivity index (χ4v) is 2.84. The summed E-state index contributed by atoms with van der Waals surface area (Å²) in [5.74, 6) is 0.0585. The Morgan fingerprint density at radius 3 is 2.94 bits per heavy atom. The lowest BCUT2D eigenvalue weighted by Gasteiger charge is -2.27. The summed E-state index contributed by atoms with van der Waals surface area (Å²) >= 11 is 3.30. The van der Waals surface area contributed by atoms with E-state index in [2.05, 4.69) is 34.8 Å². The molecule has 0 bridgehead atoms. The van der Waals surface area contributed by atoms with Crippen LogP contribution in [0.1, 0.15) is 43.6 Å². The van der Waals surface area contributed by atoms with Crippen molar-refractivity contribution < 1.29 is 4.79 Å². The molecule has 1 aliphatic heterocycles. The zero-order chi connectivity index (χ0) is 12.4. The molecule has 0 radical (unpaired) electrons. The van der Waals surface area contributed by atoms with Crippen LogP contribution in [0.25, 0.3) is 0 Å². The second-order valence-corrected chi connectivity index (χ2v) is 5.36. The van der Waals surface area contributed by atoms with Crippen molar-refractivity contribution in [2.24, 2.45) is 0 Å². The molecule has 2 atom stereocenters. The summed E-state index contributed by atoms with van der Waals surface area (Å²) in [6.07, 6.45) is 3.22. The number of carbonyl (C=O) groups excluding carboxylic acids is 1. The van der Waals surface area contributed by atoms with Gasteiger partial charge in [0.15, 0.2) is 0 Å². The molecule has 3 nitrogen and oxygen atoms in total. The lowest BCUT2D eigenvalue weighted by molar-refractivity contribution is 0.0670. The van der Waals surface area contributed by atoms with Gasteiger partial charge in [-0.15, -0.1) is 0 Å². The van der Waals surface area contributed by atoms with Crippen molar-refractivity contribution in [1.29, 1.82) is 0 Å². The van der Waals surface area contributed by atoms with Gasteiger partial charge in [0.1, 0.15) is 10.3 Å². The predicted molar refractivity (Wildman–Crippen MR) is 70.9 cm³/mol. The van der Waals surface area contributed by atoms with Crippen molar-refractivity contribution in [3.8, 4) is 0 Å². The number of hydrogen-bond donors (Lipinski definition) is 0. The van der Waals surface area contributed by atoms with Crippen LogP contribution in [0.15, 0.2) is 22.8 Å². The SMILES string of the molecule is CCC1CCC(C)N1C(=O)c1cccc(Br)n1. The summed E-state index contributed by atoms with van der Waals surface area (Å²) in [6, 6.07) is 6.17. The molecule has 4 heteroatoms. The van der Waals surface area contributed by atoms with Crippen molar-refractivity contribution in [3.63, 3.8) is 0 Å². The average molecular weight is 297 g/mol. The van der Waals surface area contributed by atoms with E-state index in [4.69, 9.17) is 0 Å². The fraction of sp³-hybridized carbons (Fsp3) is 0.538. The van der Waals surface area contributed by atoms with Gasteiger partial charge in [0.25, 0.3) is 5.91 Å². The largest absolute Gasteiger partial charge is 0.332 e. The Kier molecular flexibility index (Phi) is 3.82. The molecule has 0 saturated carbocycles. The molecule has 0 spiro atoms. The molecule has 1 saturated heterocycles. The van der Waals surface area contributed by atoms with Crippen LogP contribution in [0.4, 0.5) is 0 Å². The van der Waals surface area contributed by atoms with Crippen LogP contribution < -0.4 is 0 Å². The molecule has 1 fully saturated rings. The van der Waals surface area contributed by atoms with E-state index in [-0.39, 0.29) is 5.91 Å². The minimum absolute atomic E-state index is 0.0585. The van der Waals surface area contributed by atoms with Gasteiger partial charge in [-0.1, -0.05) is 13.0 Å². The predicted octanol–water partition coefficient (Wildman–Crippen LogP) is 3.25. The van der Waals surface area contributed by atoms with E-state index in [0.29, 0.717) is 22.4 Å². The lowest BCUT2D eigenvalue weighted by Crippen LogP contribution is -2.40. The first kappa shape index (κ1) is 12.6. The highest BCUT2D eigenvalue weighted by molar-refractivity contribution is 9.10. The van der Waals surface area contributed by atoms with E-state index < -0.39 is 0 Å². The maximum atomic E-state index is 12.4. The number of carbonyl (C=O) groups is 1. The summed E-state index contributed by atoms with van der Waals surface area (Å²) in [5.41, 5.74) is 0.534. The molecule has 0 N–H and O–H groups in total. The van der Waals surface area contributed by atoms with Crippen molar-refractivity contribution >= 4 is 21.8 Å². The molecule has 2 heterocycles. The van der Waals surface area contributed by atoms with E-state index in [9.17, 15) is 4.79 Å². The molecule has 92 valence electrons. The third-order valence-corrected chi connectivity index (χ3v) is 3.87. The Labute approximate surface area is 110 Å². The van der Waals surface area contributed by atoms with Gasteiger partial charge in [-0.2, -0.15) is 0 Å². The summed E-state index contributed by atoms with van der Waals surface area (Å²) in [7, 11) is 0. The van der Waals surface area contributed by atoms with Crippen LogP contribution in [0.3, 0.4) is 0 Å². The molecule has 2 unspecified atom stereocenters. The van der Waals surface area contributed by atoms with Gasteiger partial charge < -0.3 is 4.90 Å². The van der Waals surface area contributed by atoms with Crippen LogP contribution in [-0.2, 0) is 0 Å². The van der Waals surface area contributed by atoms with E-state index in [1.165, 1.54) is 0 Å². The van der Waals surface area contributed by atoms with Crippen LogP contribution in [-0.4, -0.2) is 27.9 Å². The van der Waals surface area contributed by atoms with Gasteiger partial charge in [0.2, 0.25) is 0 Å². The number of amides is 1. The summed E-state index contributed by atoms with van der Waals surface area (Å²) < 4.78 is 0.711. The molecular weight excluding hydrogens is 280 g/mol. The van der Waals surface area contributed by atoms with E-state index in [0.717, 1.165) is 19.3 Å². The zero-order valence-corrected chi connectivity index (χ0v) is 11.8. The summed E-state index contributed by atoms with van der Waals surface area (Å²) in [4.78, 5) is 18.7. The Balaban J connectivity index is 2.24. The number of rotatable bonds is 2. The highest BCUT2D eigenvalue weighted by Crippen LogP contribution is 2.27. The van der Waals surface area contributed by atoms with Gasteiger partial charge in [-0.25, -0.2) is 4.98 Å². The second-order valence-electron chi connectivity index (χ2n) is 4.55. The van der Waals surface area contributed by atoms with Crippen LogP contribution >= 0.6 is 15.9 Å². The normalized spacial score (nSPS) is 24.1. The molecule has 0 aliphatic carbocycles. The maximum Gasteiger partial charge on any atom is 0.272 e. The Morgan fingerprint density at radius 2 is 2.29 bits per heavy atom. The third kappa shape index (κ3) is 2.51. The lowest BCUT2D eigenvalue weighted by atomic mass is 10.1. The molecule has 17 heavy (non-hydrogen) atoms. The highest BCUT2D eigenvalue weighted by Gasteiger charge is 2.34. The number of likely N-dealkylation sites (tertiary alicyclic amines) is 1. The van der Waals surface area contributed by atoms with Crippen molar-refractivity contribution in [3.05, 3.63) is 28.5 Å². The molecular formula is C13H17BrN2O. The molecule has 0 aromatic carbocycles. The monoisotopic (exact) mass is 296 g/mol. The topological polar surface area (TPSA) is 33.2 Å². The summed E-state index contributed by atoms with van der Waals surface area (Å²) in [6.45, 7) is 4.25. The fourth-order valence-electron chi connectivity index (χ4n) is 2.50. The zero-order valence-electron chi connectivity index (χ0n) is 10.2. The minimum atomic E-state index is 0.0585. The van der Waals surface area contributed by atoms with Crippen LogP contribution in [0, 0.1) is 0 Å². The number of nitrogens with zero attached hydrogens (tertiary/aromatic N) is 2. The molecule has 1 aliphatic rings. The van der Waals surface area contributed by atoms with Gasteiger partial charge in [-0.05, 0) is 54.2 Å². The number of hydrogen-bond acceptors (Lipinski definition) is 2. The number of halogens is 1. The van der Waals surface area contributed by atoms with Gasteiger partial charge >= 0.3 is 0 Å². The third-order valence-electron chi connectivity index (χ3n) is 3.43. The Hall–Kier alpha value is -0.900. The molecule has 1 aromatic rings. The molecule has 2 rings (SSSR count).